The molecule has 0 fully saturated rings. The lowest BCUT2D eigenvalue weighted by molar-refractivity contribution is -0.120. The first-order valence-electron chi connectivity index (χ1n) is 6.17. The quantitative estimate of drug-likeness (QED) is 0.908. The number of hydrogen-bond donors (Lipinski definition) is 1. The second kappa shape index (κ2) is 6.65. The van der Waals surface area contributed by atoms with Gasteiger partial charge in [-0.15, -0.1) is 0 Å². The highest BCUT2D eigenvalue weighted by atomic mass is 19.1. The summed E-state index contributed by atoms with van der Waals surface area (Å²) in [4.78, 5) is 15.8. The minimum absolute atomic E-state index is 0.0706. The van der Waals surface area contributed by atoms with Crippen LogP contribution in [0.15, 0.2) is 42.7 Å². The molecule has 0 aliphatic carbocycles. The molecule has 0 unspecified atom stereocenters. The maximum atomic E-state index is 13.2. The number of nitrogens with zero attached hydrogens (tertiary/aromatic N) is 1. The Morgan fingerprint density at radius 2 is 2.25 bits per heavy atom. The standard InChI is InChI=1S/C15H15FN2O2/c1-20-14-5-4-13(16)7-12(14)8-15(19)18-10-11-3-2-6-17-9-11/h2-7,9H,8,10H2,1H3,(H,18,19). The van der Waals surface area contributed by atoms with Crippen LogP contribution in [0, 0.1) is 5.82 Å². The van der Waals surface area contributed by atoms with E-state index in [1.165, 1.54) is 25.3 Å². The molecule has 20 heavy (non-hydrogen) atoms. The molecule has 0 radical (unpaired) electrons. The number of amides is 1. The van der Waals surface area contributed by atoms with E-state index < -0.39 is 0 Å². The maximum absolute atomic E-state index is 13.2. The van der Waals surface area contributed by atoms with Crippen molar-refractivity contribution in [2.75, 3.05) is 7.11 Å². The number of carbonyl (C=O) groups excluding carboxylic acids is 1. The third kappa shape index (κ3) is 3.78. The zero-order valence-corrected chi connectivity index (χ0v) is 11.1. The molecule has 0 bridgehead atoms. The molecule has 0 aliphatic rings. The van der Waals surface area contributed by atoms with Crippen LogP contribution >= 0.6 is 0 Å². The Balaban J connectivity index is 1.96. The Hall–Kier alpha value is -2.43. The molecule has 1 aromatic heterocycles. The van der Waals surface area contributed by atoms with Crippen molar-refractivity contribution in [1.29, 1.82) is 0 Å². The third-order valence-corrected chi connectivity index (χ3v) is 2.81. The minimum atomic E-state index is -0.388. The van der Waals surface area contributed by atoms with Crippen LogP contribution in [0.2, 0.25) is 0 Å². The fraction of sp³-hybridized carbons (Fsp3) is 0.200. The lowest BCUT2D eigenvalue weighted by Gasteiger charge is -2.09. The predicted octanol–water partition coefficient (Wildman–Crippen LogP) is 2.09. The van der Waals surface area contributed by atoms with E-state index in [0.717, 1.165) is 5.56 Å². The fourth-order valence-electron chi connectivity index (χ4n) is 1.82. The minimum Gasteiger partial charge on any atom is -0.496 e. The summed E-state index contributed by atoms with van der Waals surface area (Å²) in [5, 5.41) is 2.76. The van der Waals surface area contributed by atoms with Gasteiger partial charge in [-0.2, -0.15) is 0 Å². The van der Waals surface area contributed by atoms with E-state index in [0.29, 0.717) is 17.9 Å². The molecule has 2 aromatic rings. The van der Waals surface area contributed by atoms with Gasteiger partial charge in [0.25, 0.3) is 0 Å². The molecule has 1 heterocycles. The summed E-state index contributed by atoms with van der Waals surface area (Å²) in [5.74, 6) is -0.0819. The smallest absolute Gasteiger partial charge is 0.224 e. The Bertz CT molecular complexity index is 588. The predicted molar refractivity (Wildman–Crippen MR) is 72.7 cm³/mol. The number of ether oxygens (including phenoxy) is 1. The first kappa shape index (κ1) is 14.0. The Morgan fingerprint density at radius 3 is 2.95 bits per heavy atom. The normalized spacial score (nSPS) is 10.1. The molecule has 0 atom stereocenters. The fourth-order valence-corrected chi connectivity index (χ4v) is 1.82. The van der Waals surface area contributed by atoms with Crippen molar-refractivity contribution in [3.63, 3.8) is 0 Å². The number of nitrogens with one attached hydrogen (secondary N) is 1. The van der Waals surface area contributed by atoms with Crippen LogP contribution in [-0.4, -0.2) is 18.0 Å². The molecule has 0 saturated carbocycles. The molecule has 0 spiro atoms. The van der Waals surface area contributed by atoms with E-state index in [4.69, 9.17) is 4.74 Å². The van der Waals surface area contributed by atoms with E-state index >= 15 is 0 Å². The van der Waals surface area contributed by atoms with Crippen LogP contribution < -0.4 is 10.1 Å². The number of halogens is 1. The second-order valence-corrected chi connectivity index (χ2v) is 4.27. The highest BCUT2D eigenvalue weighted by Gasteiger charge is 2.09. The number of aromatic nitrogens is 1. The van der Waals surface area contributed by atoms with Crippen molar-refractivity contribution >= 4 is 5.91 Å². The van der Waals surface area contributed by atoms with Gasteiger partial charge in [-0.3, -0.25) is 9.78 Å². The summed E-state index contributed by atoms with van der Waals surface area (Å²) in [7, 11) is 1.49. The van der Waals surface area contributed by atoms with Gasteiger partial charge in [0, 0.05) is 24.5 Å². The topological polar surface area (TPSA) is 51.2 Å². The molecule has 0 aliphatic heterocycles. The Morgan fingerprint density at radius 1 is 1.40 bits per heavy atom. The van der Waals surface area contributed by atoms with Crippen molar-refractivity contribution in [3.05, 3.63) is 59.7 Å². The van der Waals surface area contributed by atoms with E-state index in [2.05, 4.69) is 10.3 Å². The van der Waals surface area contributed by atoms with Gasteiger partial charge < -0.3 is 10.1 Å². The summed E-state index contributed by atoms with van der Waals surface area (Å²) in [6, 6.07) is 7.80. The largest absolute Gasteiger partial charge is 0.496 e. The first-order chi connectivity index (χ1) is 9.69. The molecule has 0 saturated heterocycles. The number of benzene rings is 1. The molecule has 4 nitrogen and oxygen atoms in total. The molecule has 104 valence electrons. The van der Waals surface area contributed by atoms with Gasteiger partial charge in [0.15, 0.2) is 0 Å². The number of rotatable bonds is 5. The lowest BCUT2D eigenvalue weighted by atomic mass is 10.1. The van der Waals surface area contributed by atoms with Crippen LogP contribution in [0.5, 0.6) is 5.75 Å². The van der Waals surface area contributed by atoms with E-state index in [1.807, 2.05) is 6.07 Å². The van der Waals surface area contributed by atoms with Gasteiger partial charge >= 0.3 is 0 Å². The molecular weight excluding hydrogens is 259 g/mol. The van der Waals surface area contributed by atoms with Gasteiger partial charge in [0.05, 0.1) is 13.5 Å². The summed E-state index contributed by atoms with van der Waals surface area (Å²) in [6.45, 7) is 0.393. The second-order valence-electron chi connectivity index (χ2n) is 4.27. The molecule has 2 rings (SSSR count). The summed E-state index contributed by atoms with van der Waals surface area (Å²) in [6.07, 6.45) is 3.42. The highest BCUT2D eigenvalue weighted by Crippen LogP contribution is 2.19. The van der Waals surface area contributed by atoms with Gasteiger partial charge in [-0.05, 0) is 29.8 Å². The number of methoxy groups -OCH3 is 1. The van der Waals surface area contributed by atoms with Crippen molar-refractivity contribution in [1.82, 2.24) is 10.3 Å². The van der Waals surface area contributed by atoms with Crippen LogP contribution in [-0.2, 0) is 17.8 Å². The molecule has 1 aromatic carbocycles. The van der Waals surface area contributed by atoms with E-state index in [-0.39, 0.29) is 18.1 Å². The lowest BCUT2D eigenvalue weighted by Crippen LogP contribution is -2.24. The summed E-state index contributed by atoms with van der Waals surface area (Å²) < 4.78 is 18.3. The summed E-state index contributed by atoms with van der Waals surface area (Å²) in [5.41, 5.74) is 1.43. The number of hydrogen-bond acceptors (Lipinski definition) is 3. The van der Waals surface area contributed by atoms with Crippen molar-refractivity contribution in [2.24, 2.45) is 0 Å². The number of pyridine rings is 1. The van der Waals surface area contributed by atoms with Gasteiger partial charge in [0.2, 0.25) is 5.91 Å². The van der Waals surface area contributed by atoms with Gasteiger partial charge in [-0.25, -0.2) is 4.39 Å². The Labute approximate surface area is 116 Å². The maximum Gasteiger partial charge on any atom is 0.224 e. The third-order valence-electron chi connectivity index (χ3n) is 2.81. The molecule has 1 N–H and O–H groups in total. The van der Waals surface area contributed by atoms with Crippen molar-refractivity contribution < 1.29 is 13.9 Å². The van der Waals surface area contributed by atoms with Crippen molar-refractivity contribution in [3.8, 4) is 5.75 Å². The van der Waals surface area contributed by atoms with Crippen LogP contribution in [0.25, 0.3) is 0 Å². The van der Waals surface area contributed by atoms with Crippen molar-refractivity contribution in [2.45, 2.75) is 13.0 Å². The van der Waals surface area contributed by atoms with Gasteiger partial charge in [0.1, 0.15) is 11.6 Å². The number of carbonyl (C=O) groups is 1. The van der Waals surface area contributed by atoms with E-state index in [1.54, 1.807) is 18.5 Å². The van der Waals surface area contributed by atoms with Crippen LogP contribution in [0.4, 0.5) is 4.39 Å². The zero-order chi connectivity index (χ0) is 14.4. The SMILES string of the molecule is COc1ccc(F)cc1CC(=O)NCc1cccnc1. The average Bonchev–Trinajstić information content (AvgIpc) is 2.46. The summed E-state index contributed by atoms with van der Waals surface area (Å²) >= 11 is 0. The van der Waals surface area contributed by atoms with E-state index in [9.17, 15) is 9.18 Å². The molecule has 5 heteroatoms. The molecular formula is C15H15FN2O2. The highest BCUT2D eigenvalue weighted by molar-refractivity contribution is 5.79. The van der Waals surface area contributed by atoms with Crippen LogP contribution in [0.3, 0.4) is 0 Å². The average molecular weight is 274 g/mol. The molecule has 1 amide bonds. The monoisotopic (exact) mass is 274 g/mol. The van der Waals surface area contributed by atoms with Crippen LogP contribution in [0.1, 0.15) is 11.1 Å². The van der Waals surface area contributed by atoms with Gasteiger partial charge in [-0.1, -0.05) is 6.07 Å². The Kier molecular flexibility index (Phi) is 4.65. The first-order valence-corrected chi connectivity index (χ1v) is 6.17. The zero-order valence-electron chi connectivity index (χ0n) is 11.1.